The van der Waals surface area contributed by atoms with Gasteiger partial charge in [-0.3, -0.25) is 4.79 Å². The first-order valence-corrected chi connectivity index (χ1v) is 5.05. The van der Waals surface area contributed by atoms with Crippen molar-refractivity contribution in [1.82, 2.24) is 5.32 Å². The number of amides is 1. The maximum absolute atomic E-state index is 11.1. The van der Waals surface area contributed by atoms with Gasteiger partial charge in [0.25, 0.3) is 0 Å². The Morgan fingerprint density at radius 3 is 2.50 bits per heavy atom. The van der Waals surface area contributed by atoms with Gasteiger partial charge in [0.2, 0.25) is 5.91 Å². The Hall–Kier alpha value is -0.220. The molecule has 1 amide bonds. The quantitative estimate of drug-likeness (QED) is 0.682. The highest BCUT2D eigenvalue weighted by molar-refractivity contribution is 8.01. The highest BCUT2D eigenvalue weighted by Gasteiger charge is 2.12. The Labute approximate surface area is 78.5 Å². The Morgan fingerprint density at radius 2 is 2.08 bits per heavy atom. The Balaban J connectivity index is 3.44. The highest BCUT2D eigenvalue weighted by Crippen LogP contribution is 2.22. The molecule has 3 N–H and O–H groups in total. The zero-order chi connectivity index (χ0) is 9.61. The number of nitrogens with two attached hydrogens (primary N) is 1. The molecule has 0 aromatic rings. The summed E-state index contributed by atoms with van der Waals surface area (Å²) in [7, 11) is 0. The molecule has 72 valence electrons. The maximum atomic E-state index is 11.1. The van der Waals surface area contributed by atoms with Crippen molar-refractivity contribution in [2.24, 2.45) is 5.73 Å². The molecule has 0 bridgehead atoms. The second-order valence-electron chi connectivity index (χ2n) is 3.54. The summed E-state index contributed by atoms with van der Waals surface area (Å²) in [6.07, 6.45) is 0. The van der Waals surface area contributed by atoms with Gasteiger partial charge in [0.15, 0.2) is 0 Å². The van der Waals surface area contributed by atoms with Crippen LogP contribution in [0.1, 0.15) is 20.8 Å². The van der Waals surface area contributed by atoms with Crippen LogP contribution in [-0.2, 0) is 4.79 Å². The van der Waals surface area contributed by atoms with Crippen molar-refractivity contribution in [3.05, 3.63) is 0 Å². The standard InChI is InChI=1S/C8H18N2OS/c1-8(2,3)12-6-7(11)10-5-4-9/h4-6,9H2,1-3H3,(H,10,11). The lowest BCUT2D eigenvalue weighted by Crippen LogP contribution is -2.31. The van der Waals surface area contributed by atoms with E-state index in [4.69, 9.17) is 5.73 Å². The van der Waals surface area contributed by atoms with Crippen LogP contribution in [0.4, 0.5) is 0 Å². The van der Waals surface area contributed by atoms with E-state index < -0.39 is 0 Å². The van der Waals surface area contributed by atoms with Gasteiger partial charge in [-0.25, -0.2) is 0 Å². The summed E-state index contributed by atoms with van der Waals surface area (Å²) in [4.78, 5) is 11.1. The molecule has 3 nitrogen and oxygen atoms in total. The van der Waals surface area contributed by atoms with Crippen molar-refractivity contribution in [3.8, 4) is 0 Å². The van der Waals surface area contributed by atoms with Gasteiger partial charge >= 0.3 is 0 Å². The Bertz CT molecular complexity index is 142. The summed E-state index contributed by atoms with van der Waals surface area (Å²) >= 11 is 1.64. The summed E-state index contributed by atoms with van der Waals surface area (Å²) in [5, 5.41) is 2.72. The number of nitrogens with one attached hydrogen (secondary N) is 1. The number of thioether (sulfide) groups is 1. The van der Waals surface area contributed by atoms with Crippen LogP contribution in [0, 0.1) is 0 Å². The third-order valence-corrected chi connectivity index (χ3v) is 2.38. The molecule has 0 aliphatic heterocycles. The molecule has 0 spiro atoms. The minimum absolute atomic E-state index is 0.0698. The fourth-order valence-electron chi connectivity index (χ4n) is 0.545. The lowest BCUT2D eigenvalue weighted by atomic mass is 10.3. The maximum Gasteiger partial charge on any atom is 0.230 e. The normalized spacial score (nSPS) is 11.3. The predicted octanol–water partition coefficient (Wildman–Crippen LogP) is 0.593. The third kappa shape index (κ3) is 7.88. The molecular weight excluding hydrogens is 172 g/mol. The van der Waals surface area contributed by atoms with Gasteiger partial charge in [-0.2, -0.15) is 0 Å². The molecule has 0 saturated carbocycles. The van der Waals surface area contributed by atoms with Crippen molar-refractivity contribution in [2.75, 3.05) is 18.8 Å². The van der Waals surface area contributed by atoms with Crippen LogP contribution in [0.2, 0.25) is 0 Å². The molecule has 0 radical (unpaired) electrons. The van der Waals surface area contributed by atoms with E-state index in [0.29, 0.717) is 18.8 Å². The van der Waals surface area contributed by atoms with E-state index in [1.807, 2.05) is 0 Å². The molecule has 4 heteroatoms. The smallest absolute Gasteiger partial charge is 0.230 e. The minimum Gasteiger partial charge on any atom is -0.354 e. The summed E-state index contributed by atoms with van der Waals surface area (Å²) in [5.41, 5.74) is 5.24. The highest BCUT2D eigenvalue weighted by atomic mass is 32.2. The monoisotopic (exact) mass is 190 g/mol. The average molecular weight is 190 g/mol. The third-order valence-electron chi connectivity index (χ3n) is 1.10. The number of rotatable bonds is 4. The lowest BCUT2D eigenvalue weighted by Gasteiger charge is -2.16. The lowest BCUT2D eigenvalue weighted by molar-refractivity contribution is -0.118. The molecule has 0 unspecified atom stereocenters. The van der Waals surface area contributed by atoms with Gasteiger partial charge in [0, 0.05) is 17.8 Å². The van der Waals surface area contributed by atoms with E-state index in [1.54, 1.807) is 11.8 Å². The van der Waals surface area contributed by atoms with Crippen LogP contribution < -0.4 is 11.1 Å². The van der Waals surface area contributed by atoms with Gasteiger partial charge in [0.05, 0.1) is 5.75 Å². The van der Waals surface area contributed by atoms with Crippen LogP contribution in [0.3, 0.4) is 0 Å². The second kappa shape index (κ2) is 5.43. The largest absolute Gasteiger partial charge is 0.354 e. The van der Waals surface area contributed by atoms with Crippen LogP contribution in [0.5, 0.6) is 0 Å². The molecule has 0 heterocycles. The van der Waals surface area contributed by atoms with Crippen molar-refractivity contribution in [1.29, 1.82) is 0 Å². The molecule has 0 fully saturated rings. The van der Waals surface area contributed by atoms with Gasteiger partial charge in [0.1, 0.15) is 0 Å². The van der Waals surface area contributed by atoms with Gasteiger partial charge < -0.3 is 11.1 Å². The molecule has 0 saturated heterocycles. The first kappa shape index (κ1) is 11.8. The van der Waals surface area contributed by atoms with E-state index in [1.165, 1.54) is 0 Å². The number of hydrogen-bond donors (Lipinski definition) is 2. The molecule has 0 rings (SSSR count). The summed E-state index contributed by atoms with van der Waals surface area (Å²) < 4.78 is 0.153. The van der Waals surface area contributed by atoms with Crippen molar-refractivity contribution < 1.29 is 4.79 Å². The minimum atomic E-state index is 0.0698. The van der Waals surface area contributed by atoms with Crippen LogP contribution in [0.25, 0.3) is 0 Å². The summed E-state index contributed by atoms with van der Waals surface area (Å²) in [6, 6.07) is 0. The van der Waals surface area contributed by atoms with Crippen molar-refractivity contribution >= 4 is 17.7 Å². The van der Waals surface area contributed by atoms with Crippen LogP contribution in [0.15, 0.2) is 0 Å². The first-order valence-electron chi connectivity index (χ1n) is 4.06. The Morgan fingerprint density at radius 1 is 1.50 bits per heavy atom. The van der Waals surface area contributed by atoms with Gasteiger partial charge in [-0.15, -0.1) is 11.8 Å². The predicted molar refractivity (Wildman–Crippen MR) is 54.3 cm³/mol. The molecule has 0 aliphatic carbocycles. The van der Waals surface area contributed by atoms with Crippen LogP contribution >= 0.6 is 11.8 Å². The van der Waals surface area contributed by atoms with Crippen molar-refractivity contribution in [3.63, 3.8) is 0 Å². The van der Waals surface area contributed by atoms with Crippen LogP contribution in [-0.4, -0.2) is 29.5 Å². The van der Waals surface area contributed by atoms with E-state index >= 15 is 0 Å². The number of carbonyl (C=O) groups is 1. The summed E-state index contributed by atoms with van der Waals surface area (Å²) in [6.45, 7) is 7.35. The van der Waals surface area contributed by atoms with E-state index in [2.05, 4.69) is 26.1 Å². The van der Waals surface area contributed by atoms with E-state index in [-0.39, 0.29) is 10.7 Å². The summed E-state index contributed by atoms with van der Waals surface area (Å²) in [5.74, 6) is 0.587. The van der Waals surface area contributed by atoms with E-state index in [9.17, 15) is 4.79 Å². The molecule has 0 atom stereocenters. The molecule has 0 aromatic heterocycles. The van der Waals surface area contributed by atoms with Gasteiger partial charge in [-0.05, 0) is 0 Å². The topological polar surface area (TPSA) is 55.1 Å². The second-order valence-corrected chi connectivity index (χ2v) is 5.34. The fourth-order valence-corrected chi connectivity index (χ4v) is 1.21. The molecule has 12 heavy (non-hydrogen) atoms. The zero-order valence-electron chi connectivity index (χ0n) is 8.02. The molecule has 0 aliphatic rings. The first-order chi connectivity index (χ1) is 5.45. The van der Waals surface area contributed by atoms with Crippen molar-refractivity contribution in [2.45, 2.75) is 25.5 Å². The SMILES string of the molecule is CC(C)(C)SCC(=O)NCCN. The zero-order valence-corrected chi connectivity index (χ0v) is 8.83. The fraction of sp³-hybridized carbons (Fsp3) is 0.875. The average Bonchev–Trinajstić information content (AvgIpc) is 1.95. The number of hydrogen-bond acceptors (Lipinski definition) is 3. The number of carbonyl (C=O) groups excluding carboxylic acids is 1. The van der Waals surface area contributed by atoms with Gasteiger partial charge in [-0.1, -0.05) is 20.8 Å². The molecule has 0 aromatic carbocycles. The van der Waals surface area contributed by atoms with E-state index in [0.717, 1.165) is 0 Å². The molecular formula is C8H18N2OS. The Kier molecular flexibility index (Phi) is 5.33.